The molecule has 0 unspecified atom stereocenters. The lowest BCUT2D eigenvalue weighted by molar-refractivity contribution is -0.121. The molecule has 2 aromatic carbocycles. The number of Topliss-reactive ketones (excluding diaryl/α,β-unsaturated/α-hetero) is 1. The van der Waals surface area contributed by atoms with E-state index in [1.165, 1.54) is 0 Å². The standard InChI is InChI=1S/C16H23NO2.C10H11BrO/c1-11-4-7-13(8-5-11)16(18)17-14-9-6-12(2)15(10-14)19-3;1-3-8-9(7(2)12)5-4-6-10(8)11/h6,9-11,13H,4-5,7-8H2,1-3H3,(H,17,18);4-6H,3H2,1-2H3. The van der Waals surface area contributed by atoms with Gasteiger partial charge in [0, 0.05) is 27.7 Å². The minimum Gasteiger partial charge on any atom is -0.496 e. The lowest BCUT2D eigenvalue weighted by Gasteiger charge is -2.25. The highest BCUT2D eigenvalue weighted by molar-refractivity contribution is 9.10. The van der Waals surface area contributed by atoms with Crippen molar-refractivity contribution in [3.63, 3.8) is 0 Å². The first-order chi connectivity index (χ1) is 14.8. The van der Waals surface area contributed by atoms with Crippen molar-refractivity contribution in [2.45, 2.75) is 59.8 Å². The number of anilines is 1. The van der Waals surface area contributed by atoms with Gasteiger partial charge in [-0.15, -0.1) is 0 Å². The zero-order valence-electron chi connectivity index (χ0n) is 19.3. The average molecular weight is 488 g/mol. The number of hydrogen-bond acceptors (Lipinski definition) is 3. The zero-order valence-corrected chi connectivity index (χ0v) is 20.8. The Labute approximate surface area is 194 Å². The number of ether oxygens (including phenoxy) is 1. The molecular formula is C26H34BrNO3. The maximum absolute atomic E-state index is 12.2. The summed E-state index contributed by atoms with van der Waals surface area (Å²) in [7, 11) is 1.65. The number of rotatable bonds is 5. The topological polar surface area (TPSA) is 55.4 Å². The van der Waals surface area contributed by atoms with Crippen molar-refractivity contribution in [2.24, 2.45) is 11.8 Å². The molecule has 1 aliphatic rings. The molecule has 0 radical (unpaired) electrons. The fraction of sp³-hybridized carbons (Fsp3) is 0.462. The maximum Gasteiger partial charge on any atom is 0.227 e. The third-order valence-electron chi connectivity index (χ3n) is 5.91. The van der Waals surface area contributed by atoms with E-state index in [0.717, 1.165) is 70.6 Å². The molecule has 0 saturated heterocycles. The minimum absolute atomic E-state index is 0.133. The van der Waals surface area contributed by atoms with Crippen LogP contribution < -0.4 is 10.1 Å². The smallest absolute Gasteiger partial charge is 0.227 e. The predicted molar refractivity (Wildman–Crippen MR) is 131 cm³/mol. The molecule has 0 heterocycles. The van der Waals surface area contributed by atoms with Crippen molar-refractivity contribution in [2.75, 3.05) is 12.4 Å². The number of hydrogen-bond donors (Lipinski definition) is 1. The number of carbonyl (C=O) groups is 2. The largest absolute Gasteiger partial charge is 0.496 e. The maximum atomic E-state index is 12.2. The first-order valence-electron chi connectivity index (χ1n) is 11.0. The van der Waals surface area contributed by atoms with Crippen LogP contribution in [0.3, 0.4) is 0 Å². The van der Waals surface area contributed by atoms with Crippen LogP contribution in [0.25, 0.3) is 0 Å². The van der Waals surface area contributed by atoms with Crippen LogP contribution in [0, 0.1) is 18.8 Å². The first-order valence-corrected chi connectivity index (χ1v) is 11.8. The van der Waals surface area contributed by atoms with Crippen molar-refractivity contribution in [1.29, 1.82) is 0 Å². The molecule has 0 spiro atoms. The van der Waals surface area contributed by atoms with Gasteiger partial charge in [0.2, 0.25) is 5.91 Å². The van der Waals surface area contributed by atoms with Gasteiger partial charge < -0.3 is 10.1 Å². The molecule has 3 rings (SSSR count). The van der Waals surface area contributed by atoms with E-state index in [2.05, 4.69) is 28.2 Å². The number of nitrogens with one attached hydrogen (secondary N) is 1. The summed E-state index contributed by atoms with van der Waals surface area (Å²) in [6.07, 6.45) is 5.23. The summed E-state index contributed by atoms with van der Waals surface area (Å²) in [6.45, 7) is 7.90. The summed E-state index contributed by atoms with van der Waals surface area (Å²) >= 11 is 3.42. The number of halogens is 1. The molecule has 0 bridgehead atoms. The lowest BCUT2D eigenvalue weighted by Crippen LogP contribution is -2.26. The van der Waals surface area contributed by atoms with E-state index in [1.54, 1.807) is 14.0 Å². The Morgan fingerprint density at radius 2 is 1.81 bits per heavy atom. The van der Waals surface area contributed by atoms with Crippen molar-refractivity contribution in [1.82, 2.24) is 0 Å². The number of benzene rings is 2. The monoisotopic (exact) mass is 487 g/mol. The fourth-order valence-corrected chi connectivity index (χ4v) is 4.56. The van der Waals surface area contributed by atoms with Crippen LogP contribution in [0.15, 0.2) is 40.9 Å². The van der Waals surface area contributed by atoms with Crippen molar-refractivity contribution >= 4 is 33.3 Å². The first kappa shape index (κ1) is 25.1. The number of ketones is 1. The Hall–Kier alpha value is -2.14. The molecule has 1 fully saturated rings. The summed E-state index contributed by atoms with van der Waals surface area (Å²) in [5, 5.41) is 3.01. The van der Waals surface area contributed by atoms with Gasteiger partial charge in [0.15, 0.2) is 5.78 Å². The summed E-state index contributed by atoms with van der Waals surface area (Å²) in [5.41, 5.74) is 3.83. The molecular weight excluding hydrogens is 454 g/mol. The molecule has 168 valence electrons. The second-order valence-corrected chi connectivity index (χ2v) is 9.16. The predicted octanol–water partition coefficient (Wildman–Crippen LogP) is 6.98. The highest BCUT2D eigenvalue weighted by Crippen LogP contribution is 2.30. The van der Waals surface area contributed by atoms with Gasteiger partial charge in [-0.2, -0.15) is 0 Å². The lowest BCUT2D eigenvalue weighted by atomic mass is 9.82. The Bertz CT molecular complexity index is 902. The van der Waals surface area contributed by atoms with Crippen LogP contribution in [0.4, 0.5) is 5.69 Å². The van der Waals surface area contributed by atoms with Crippen LogP contribution in [-0.2, 0) is 11.2 Å². The normalized spacial score (nSPS) is 17.9. The Morgan fingerprint density at radius 1 is 1.13 bits per heavy atom. The number of carbonyl (C=O) groups excluding carboxylic acids is 2. The van der Waals surface area contributed by atoms with Crippen LogP contribution in [0.5, 0.6) is 5.75 Å². The quantitative estimate of drug-likeness (QED) is 0.462. The van der Waals surface area contributed by atoms with Crippen LogP contribution >= 0.6 is 15.9 Å². The molecule has 1 aliphatic carbocycles. The Kier molecular flexibility index (Phi) is 9.76. The summed E-state index contributed by atoms with van der Waals surface area (Å²) in [4.78, 5) is 23.4. The van der Waals surface area contributed by atoms with Gasteiger partial charge in [0.05, 0.1) is 7.11 Å². The second-order valence-electron chi connectivity index (χ2n) is 8.31. The summed E-state index contributed by atoms with van der Waals surface area (Å²) < 4.78 is 6.30. The van der Waals surface area contributed by atoms with E-state index in [-0.39, 0.29) is 17.6 Å². The highest BCUT2D eigenvalue weighted by Gasteiger charge is 2.24. The van der Waals surface area contributed by atoms with E-state index in [0.29, 0.717) is 0 Å². The van der Waals surface area contributed by atoms with Gasteiger partial charge in [-0.05, 0) is 75.1 Å². The molecule has 4 nitrogen and oxygen atoms in total. The van der Waals surface area contributed by atoms with E-state index in [9.17, 15) is 9.59 Å². The molecule has 0 aromatic heterocycles. The number of methoxy groups -OCH3 is 1. The molecule has 31 heavy (non-hydrogen) atoms. The van der Waals surface area contributed by atoms with Crippen LogP contribution in [-0.4, -0.2) is 18.8 Å². The number of aryl methyl sites for hydroxylation is 1. The Morgan fingerprint density at radius 3 is 2.35 bits per heavy atom. The molecule has 1 amide bonds. The van der Waals surface area contributed by atoms with Gasteiger partial charge in [0.25, 0.3) is 0 Å². The van der Waals surface area contributed by atoms with Crippen molar-refractivity contribution < 1.29 is 14.3 Å². The van der Waals surface area contributed by atoms with E-state index in [1.807, 2.05) is 50.2 Å². The molecule has 1 saturated carbocycles. The molecule has 2 aromatic rings. The zero-order chi connectivity index (χ0) is 23.0. The van der Waals surface area contributed by atoms with Gasteiger partial charge in [-0.1, -0.05) is 48.0 Å². The van der Waals surface area contributed by atoms with Crippen LogP contribution in [0.1, 0.15) is 67.9 Å². The number of amides is 1. The second kappa shape index (κ2) is 12.0. The molecule has 1 N–H and O–H groups in total. The third kappa shape index (κ3) is 7.20. The van der Waals surface area contributed by atoms with Gasteiger partial charge in [0.1, 0.15) is 5.75 Å². The fourth-order valence-electron chi connectivity index (χ4n) is 3.91. The molecule has 0 atom stereocenters. The van der Waals surface area contributed by atoms with Crippen molar-refractivity contribution in [3.8, 4) is 5.75 Å². The van der Waals surface area contributed by atoms with E-state index >= 15 is 0 Å². The van der Waals surface area contributed by atoms with Crippen molar-refractivity contribution in [3.05, 3.63) is 57.6 Å². The Balaban J connectivity index is 0.000000245. The summed E-state index contributed by atoms with van der Waals surface area (Å²) in [6, 6.07) is 11.5. The van der Waals surface area contributed by atoms with Crippen LogP contribution in [0.2, 0.25) is 0 Å². The molecule has 0 aliphatic heterocycles. The molecule has 5 heteroatoms. The van der Waals surface area contributed by atoms with E-state index < -0.39 is 0 Å². The minimum atomic E-state index is 0.133. The van der Waals surface area contributed by atoms with Gasteiger partial charge in [-0.25, -0.2) is 0 Å². The average Bonchev–Trinajstić information content (AvgIpc) is 2.75. The summed E-state index contributed by atoms with van der Waals surface area (Å²) in [5.74, 6) is 2.04. The van der Waals surface area contributed by atoms with E-state index in [4.69, 9.17) is 4.74 Å². The van der Waals surface area contributed by atoms with Gasteiger partial charge >= 0.3 is 0 Å². The highest BCUT2D eigenvalue weighted by atomic mass is 79.9. The van der Waals surface area contributed by atoms with Gasteiger partial charge in [-0.3, -0.25) is 9.59 Å². The third-order valence-corrected chi connectivity index (χ3v) is 6.66. The SMILES string of the molecule is CCc1c(Br)cccc1C(C)=O.COc1cc(NC(=O)C2CCC(C)CC2)ccc1C.